The molecular weight excluding hydrogens is 757 g/mol. The first-order valence-electron chi connectivity index (χ1n) is 17.9. The number of hydrogen-bond donors (Lipinski definition) is 0. The molecule has 0 aliphatic rings. The molecule has 0 N–H and O–H groups in total. The highest BCUT2D eigenvalue weighted by Gasteiger charge is 2.14. The summed E-state index contributed by atoms with van der Waals surface area (Å²) in [6.07, 6.45) is 0. The SMILES string of the molecule is N#Cc1ccc2nc(-c3ccc(-c4cc(-c5ccc(-c6nc7ccc(C#N)cc7s6)cc5)cc(-c5ccc(-c6nc7ccc(C#N)cc7s6)cc5)c4)cc3)sc2c1. The van der Waals surface area contributed by atoms with E-state index in [2.05, 4.69) is 109 Å². The van der Waals surface area contributed by atoms with E-state index in [1.165, 1.54) is 0 Å². The summed E-state index contributed by atoms with van der Waals surface area (Å²) in [5.41, 5.74) is 14.2. The fraction of sp³-hybridized carbons (Fsp3) is 0. The smallest absolute Gasteiger partial charge is 0.124 e. The zero-order chi connectivity index (χ0) is 38.5. The van der Waals surface area contributed by atoms with E-state index in [0.29, 0.717) is 16.7 Å². The van der Waals surface area contributed by atoms with Gasteiger partial charge in [0.1, 0.15) is 15.0 Å². The van der Waals surface area contributed by atoms with Gasteiger partial charge in [-0.05, 0) is 106 Å². The molecule has 0 aliphatic carbocycles. The molecule has 0 radical (unpaired) electrons. The molecule has 3 heterocycles. The van der Waals surface area contributed by atoms with Crippen molar-refractivity contribution >= 4 is 64.7 Å². The second-order valence-corrected chi connectivity index (χ2v) is 16.6. The summed E-state index contributed by atoms with van der Waals surface area (Å²) in [5, 5.41) is 30.8. The van der Waals surface area contributed by atoms with E-state index in [1.807, 2.05) is 36.4 Å². The molecule has 0 atom stereocenters. The topological polar surface area (TPSA) is 110 Å². The number of hydrogen-bond acceptors (Lipinski definition) is 9. The third-order valence-electron chi connectivity index (χ3n) is 9.88. The molecule has 0 fully saturated rings. The predicted molar refractivity (Wildman–Crippen MR) is 233 cm³/mol. The zero-order valence-corrected chi connectivity index (χ0v) is 32.2. The lowest BCUT2D eigenvalue weighted by molar-refractivity contribution is 1.46. The molecular formula is C48H24N6S3. The molecule has 0 amide bonds. The molecule has 57 heavy (non-hydrogen) atoms. The standard InChI is InChI=1S/C48H24N6S3/c49-25-28-1-16-40-43(19-28)55-46(52-40)34-10-4-31(5-11-34)37-22-38(32-6-12-35(13-7-32)47-53-41-17-2-29(26-50)20-44(41)56-47)24-39(23-37)33-8-14-36(15-9-33)48-54-42-18-3-30(27-51)21-45(42)57-48/h1-24H. The summed E-state index contributed by atoms with van der Waals surface area (Å²) in [6.45, 7) is 0. The number of fused-ring (bicyclic) bond motifs is 3. The minimum Gasteiger partial charge on any atom is -0.236 e. The minimum absolute atomic E-state index is 0.631. The Morgan fingerprint density at radius 1 is 0.298 bits per heavy atom. The van der Waals surface area contributed by atoms with Crippen LogP contribution in [0.2, 0.25) is 0 Å². The summed E-state index contributed by atoms with van der Waals surface area (Å²) in [6, 6.07) is 55.8. The molecule has 10 aromatic rings. The van der Waals surface area contributed by atoms with Gasteiger partial charge in [0, 0.05) is 16.7 Å². The number of aromatic nitrogens is 3. The van der Waals surface area contributed by atoms with E-state index in [0.717, 1.165) is 95.7 Å². The normalized spacial score (nSPS) is 11.1. The first-order chi connectivity index (χ1) is 28.0. The minimum atomic E-state index is 0.631. The third-order valence-corrected chi connectivity index (χ3v) is 13.1. The first kappa shape index (κ1) is 34.2. The van der Waals surface area contributed by atoms with E-state index in [-0.39, 0.29) is 0 Å². The summed E-state index contributed by atoms with van der Waals surface area (Å²) < 4.78 is 2.99. The van der Waals surface area contributed by atoms with Crippen molar-refractivity contribution in [1.29, 1.82) is 15.8 Å². The van der Waals surface area contributed by atoms with Gasteiger partial charge in [-0.1, -0.05) is 72.8 Å². The predicted octanol–water partition coefficient (Wildman–Crippen LogP) is 13.1. The Morgan fingerprint density at radius 3 is 0.825 bits per heavy atom. The molecule has 10 rings (SSSR count). The molecule has 9 heteroatoms. The van der Waals surface area contributed by atoms with Crippen molar-refractivity contribution in [3.8, 4) is 83.3 Å². The van der Waals surface area contributed by atoms with Gasteiger partial charge in [0.2, 0.25) is 0 Å². The summed E-state index contributed by atoms with van der Waals surface area (Å²) in [7, 11) is 0. The van der Waals surface area contributed by atoms with E-state index in [1.54, 1.807) is 52.2 Å². The number of benzene rings is 7. The van der Waals surface area contributed by atoms with Crippen LogP contribution in [0.25, 0.3) is 95.7 Å². The molecule has 0 saturated heterocycles. The summed E-state index contributed by atoms with van der Waals surface area (Å²) >= 11 is 4.77. The van der Waals surface area contributed by atoms with Crippen molar-refractivity contribution in [2.24, 2.45) is 0 Å². The fourth-order valence-electron chi connectivity index (χ4n) is 6.90. The van der Waals surface area contributed by atoms with Gasteiger partial charge in [0.25, 0.3) is 0 Å². The first-order valence-corrected chi connectivity index (χ1v) is 20.3. The van der Waals surface area contributed by atoms with Gasteiger partial charge in [0.05, 0.1) is 65.5 Å². The number of thiazole rings is 3. The van der Waals surface area contributed by atoms with Crippen LogP contribution in [0.5, 0.6) is 0 Å². The molecule has 0 saturated carbocycles. The van der Waals surface area contributed by atoms with Gasteiger partial charge in [-0.3, -0.25) is 0 Å². The van der Waals surface area contributed by atoms with E-state index in [4.69, 9.17) is 15.0 Å². The highest BCUT2D eigenvalue weighted by molar-refractivity contribution is 7.22. The molecule has 264 valence electrons. The third kappa shape index (κ3) is 6.51. The quantitative estimate of drug-likeness (QED) is 0.166. The molecule has 3 aromatic heterocycles. The molecule has 0 unspecified atom stereocenters. The van der Waals surface area contributed by atoms with Gasteiger partial charge in [-0.15, -0.1) is 34.0 Å². The van der Waals surface area contributed by atoms with E-state index < -0.39 is 0 Å². The van der Waals surface area contributed by atoms with Gasteiger partial charge in [0.15, 0.2) is 0 Å². The van der Waals surface area contributed by atoms with Crippen LogP contribution in [0.1, 0.15) is 16.7 Å². The van der Waals surface area contributed by atoms with Gasteiger partial charge < -0.3 is 0 Å². The number of nitriles is 3. The Hall–Kier alpha value is -7.32. The van der Waals surface area contributed by atoms with E-state index in [9.17, 15) is 15.8 Å². The van der Waals surface area contributed by atoms with Crippen molar-refractivity contribution in [2.75, 3.05) is 0 Å². The van der Waals surface area contributed by atoms with E-state index >= 15 is 0 Å². The summed E-state index contributed by atoms with van der Waals surface area (Å²) in [5.74, 6) is 0. The van der Waals surface area contributed by atoms with Crippen LogP contribution in [0.15, 0.2) is 146 Å². The van der Waals surface area contributed by atoms with Crippen molar-refractivity contribution in [1.82, 2.24) is 15.0 Å². The zero-order valence-electron chi connectivity index (χ0n) is 29.8. The second-order valence-electron chi connectivity index (χ2n) is 13.5. The molecule has 0 spiro atoms. The van der Waals surface area contributed by atoms with Crippen LogP contribution in [-0.4, -0.2) is 15.0 Å². The van der Waals surface area contributed by atoms with Crippen LogP contribution in [0, 0.1) is 34.0 Å². The van der Waals surface area contributed by atoms with Crippen molar-refractivity contribution in [3.05, 3.63) is 162 Å². The Balaban J connectivity index is 1.01. The largest absolute Gasteiger partial charge is 0.236 e. The average molecular weight is 781 g/mol. The van der Waals surface area contributed by atoms with Gasteiger partial charge in [-0.25, -0.2) is 15.0 Å². The summed E-state index contributed by atoms with van der Waals surface area (Å²) in [4.78, 5) is 14.5. The van der Waals surface area contributed by atoms with Gasteiger partial charge >= 0.3 is 0 Å². The lowest BCUT2D eigenvalue weighted by Crippen LogP contribution is -1.87. The highest BCUT2D eigenvalue weighted by atomic mass is 32.1. The number of rotatable bonds is 6. The Kier molecular flexibility index (Phi) is 8.44. The monoisotopic (exact) mass is 780 g/mol. The van der Waals surface area contributed by atoms with Crippen LogP contribution in [-0.2, 0) is 0 Å². The maximum absolute atomic E-state index is 9.36. The lowest BCUT2D eigenvalue weighted by atomic mass is 9.92. The fourth-order valence-corrected chi connectivity index (χ4v) is 9.93. The second kappa shape index (κ2) is 14.1. The van der Waals surface area contributed by atoms with Crippen LogP contribution < -0.4 is 0 Å². The molecule has 6 nitrogen and oxygen atoms in total. The Bertz CT molecular complexity index is 2950. The van der Waals surface area contributed by atoms with Crippen molar-refractivity contribution in [2.45, 2.75) is 0 Å². The van der Waals surface area contributed by atoms with Crippen molar-refractivity contribution < 1.29 is 0 Å². The van der Waals surface area contributed by atoms with Crippen LogP contribution >= 0.6 is 34.0 Å². The van der Waals surface area contributed by atoms with Gasteiger partial charge in [-0.2, -0.15) is 15.8 Å². The van der Waals surface area contributed by atoms with Crippen LogP contribution in [0.3, 0.4) is 0 Å². The highest BCUT2D eigenvalue weighted by Crippen LogP contribution is 2.38. The maximum Gasteiger partial charge on any atom is 0.124 e. The maximum atomic E-state index is 9.36. The Labute approximate surface area is 339 Å². The average Bonchev–Trinajstić information content (AvgIpc) is 4.02. The lowest BCUT2D eigenvalue weighted by Gasteiger charge is -2.12. The van der Waals surface area contributed by atoms with Crippen LogP contribution in [0.4, 0.5) is 0 Å². The number of nitrogens with zero attached hydrogens (tertiary/aromatic N) is 6. The molecule has 0 aliphatic heterocycles. The molecule has 7 aromatic carbocycles. The van der Waals surface area contributed by atoms with Crippen molar-refractivity contribution in [3.63, 3.8) is 0 Å². The molecule has 0 bridgehead atoms. The Morgan fingerprint density at radius 2 is 0.561 bits per heavy atom.